The van der Waals surface area contributed by atoms with Crippen LogP contribution in [0.5, 0.6) is 0 Å². The Hall–Kier alpha value is 0.380. The van der Waals surface area contributed by atoms with E-state index in [-0.39, 0.29) is 0 Å². The summed E-state index contributed by atoms with van der Waals surface area (Å²) in [6.07, 6.45) is 0.779. The van der Waals surface area contributed by atoms with E-state index in [9.17, 15) is 8.42 Å². The molecule has 0 unspecified atom stereocenters. The molecule has 3 nitrogen and oxygen atoms in total. The molecule has 0 N–H and O–H groups in total. The van der Waals surface area contributed by atoms with Crippen molar-refractivity contribution in [2.75, 3.05) is 19.0 Å². The molecule has 98 valence electrons. The lowest BCUT2D eigenvalue weighted by Crippen LogP contribution is -2.33. The summed E-state index contributed by atoms with van der Waals surface area (Å²) in [7, 11) is -3.39. The minimum Gasteiger partial charge on any atom is -0.206 e. The van der Waals surface area contributed by atoms with Crippen LogP contribution >= 0.6 is 38.9 Å². The summed E-state index contributed by atoms with van der Waals surface area (Å²) >= 11 is 10.2. The van der Waals surface area contributed by atoms with Crippen molar-refractivity contribution in [1.82, 2.24) is 4.31 Å². The predicted octanol–water partition coefficient (Wildman–Crippen LogP) is 3.46. The summed E-state index contributed by atoms with van der Waals surface area (Å²) in [6, 6.07) is 1.70. The van der Waals surface area contributed by atoms with Gasteiger partial charge in [-0.1, -0.05) is 6.92 Å². The Morgan fingerprint density at radius 3 is 2.53 bits per heavy atom. The van der Waals surface area contributed by atoms with Crippen molar-refractivity contribution in [2.24, 2.45) is 0 Å². The fourth-order valence-electron chi connectivity index (χ4n) is 1.38. The molecule has 0 saturated carbocycles. The molecule has 1 aromatic rings. The number of sulfonamides is 1. The maximum atomic E-state index is 12.3. The maximum Gasteiger partial charge on any atom is 0.252 e. The molecule has 1 aromatic heterocycles. The number of hydrogen-bond acceptors (Lipinski definition) is 3. The Labute approximate surface area is 120 Å². The van der Waals surface area contributed by atoms with Gasteiger partial charge in [0.2, 0.25) is 0 Å². The molecule has 0 saturated heterocycles. The fraction of sp³-hybridized carbons (Fsp3) is 0.600. The third-order valence-electron chi connectivity index (χ3n) is 2.24. The van der Waals surface area contributed by atoms with Gasteiger partial charge in [-0.2, -0.15) is 4.31 Å². The molecule has 0 aromatic carbocycles. The van der Waals surface area contributed by atoms with Gasteiger partial charge in [-0.15, -0.1) is 22.9 Å². The number of thiophene rings is 1. The maximum absolute atomic E-state index is 12.3. The molecule has 1 heterocycles. The van der Waals surface area contributed by atoms with Crippen LogP contribution in [0.15, 0.2) is 14.1 Å². The molecule has 0 spiro atoms. The Kier molecular flexibility index (Phi) is 5.92. The predicted molar refractivity (Wildman–Crippen MR) is 76.5 cm³/mol. The number of rotatable bonds is 6. The van der Waals surface area contributed by atoms with Gasteiger partial charge in [-0.3, -0.25) is 0 Å². The molecule has 0 amide bonds. The highest BCUT2D eigenvalue weighted by Crippen LogP contribution is 2.32. The van der Waals surface area contributed by atoms with Gasteiger partial charge in [0.15, 0.2) is 0 Å². The van der Waals surface area contributed by atoms with Crippen molar-refractivity contribution in [3.8, 4) is 0 Å². The van der Waals surface area contributed by atoms with Crippen molar-refractivity contribution >= 4 is 48.9 Å². The minimum absolute atomic E-state index is 0.310. The Morgan fingerprint density at radius 1 is 1.47 bits per heavy atom. The van der Waals surface area contributed by atoms with Crippen LogP contribution in [0.3, 0.4) is 0 Å². The molecule has 0 radical (unpaired) electrons. The zero-order chi connectivity index (χ0) is 13.1. The van der Waals surface area contributed by atoms with Crippen molar-refractivity contribution in [2.45, 2.75) is 24.5 Å². The lowest BCUT2D eigenvalue weighted by atomic mass is 10.4. The summed E-state index contributed by atoms with van der Waals surface area (Å²) in [5, 5.41) is 0. The van der Waals surface area contributed by atoms with Gasteiger partial charge in [0, 0.05) is 19.0 Å². The molecule has 0 aliphatic rings. The standard InChI is InChI=1S/C10H15BrClNO2S2/c1-3-5-13(6-4-12)17(14,15)9-7-8(2)10(11)16-9/h7H,3-6H2,1-2H3. The van der Waals surface area contributed by atoms with Crippen LogP contribution in [-0.4, -0.2) is 31.7 Å². The monoisotopic (exact) mass is 359 g/mol. The lowest BCUT2D eigenvalue weighted by Gasteiger charge is -2.19. The molecule has 0 aliphatic carbocycles. The van der Waals surface area contributed by atoms with Crippen molar-refractivity contribution in [3.05, 3.63) is 15.4 Å². The SMILES string of the molecule is CCCN(CCCl)S(=O)(=O)c1cc(C)c(Br)s1. The van der Waals surface area contributed by atoms with Crippen molar-refractivity contribution in [3.63, 3.8) is 0 Å². The van der Waals surface area contributed by atoms with Crippen LogP contribution in [0.2, 0.25) is 0 Å². The number of nitrogens with zero attached hydrogens (tertiary/aromatic N) is 1. The molecule has 0 aliphatic heterocycles. The smallest absolute Gasteiger partial charge is 0.206 e. The molecule has 1 rings (SSSR count). The quantitative estimate of drug-likeness (QED) is 0.729. The number of halogens is 2. The van der Waals surface area contributed by atoms with Crippen LogP contribution in [0.25, 0.3) is 0 Å². The molecule has 0 bridgehead atoms. The first kappa shape index (κ1) is 15.4. The van der Waals surface area contributed by atoms with Gasteiger partial charge in [0.25, 0.3) is 10.0 Å². The van der Waals surface area contributed by atoms with E-state index in [4.69, 9.17) is 11.6 Å². The summed E-state index contributed by atoms with van der Waals surface area (Å²) in [4.78, 5) is 0. The van der Waals surface area contributed by atoms with Crippen molar-refractivity contribution < 1.29 is 8.42 Å². The van der Waals surface area contributed by atoms with Gasteiger partial charge in [0.1, 0.15) is 4.21 Å². The van der Waals surface area contributed by atoms with E-state index in [0.717, 1.165) is 15.8 Å². The second-order valence-electron chi connectivity index (χ2n) is 3.62. The summed E-state index contributed by atoms with van der Waals surface area (Å²) < 4.78 is 27.3. The van der Waals surface area contributed by atoms with Crippen LogP contribution in [0.1, 0.15) is 18.9 Å². The van der Waals surface area contributed by atoms with E-state index in [1.807, 2.05) is 13.8 Å². The number of hydrogen-bond donors (Lipinski definition) is 0. The number of aryl methyl sites for hydroxylation is 1. The first-order valence-corrected chi connectivity index (χ1v) is 8.84. The van der Waals surface area contributed by atoms with Gasteiger partial charge in [-0.05, 0) is 40.9 Å². The van der Waals surface area contributed by atoms with E-state index in [0.29, 0.717) is 23.2 Å². The van der Waals surface area contributed by atoms with Crippen LogP contribution in [-0.2, 0) is 10.0 Å². The highest BCUT2D eigenvalue weighted by molar-refractivity contribution is 9.11. The Balaban J connectivity index is 3.06. The second-order valence-corrected chi connectivity index (χ2v) is 8.53. The van der Waals surface area contributed by atoms with Crippen LogP contribution < -0.4 is 0 Å². The fourth-order valence-corrected chi connectivity index (χ4v) is 5.60. The van der Waals surface area contributed by atoms with E-state index in [1.165, 1.54) is 15.6 Å². The highest BCUT2D eigenvalue weighted by atomic mass is 79.9. The summed E-state index contributed by atoms with van der Waals surface area (Å²) in [5.74, 6) is 0.310. The topological polar surface area (TPSA) is 37.4 Å². The molecular formula is C10H15BrClNO2S2. The largest absolute Gasteiger partial charge is 0.252 e. The zero-order valence-corrected chi connectivity index (χ0v) is 13.7. The van der Waals surface area contributed by atoms with Gasteiger partial charge >= 0.3 is 0 Å². The third kappa shape index (κ3) is 3.67. The number of alkyl halides is 1. The van der Waals surface area contributed by atoms with E-state index < -0.39 is 10.0 Å². The van der Waals surface area contributed by atoms with Crippen LogP contribution in [0.4, 0.5) is 0 Å². The first-order chi connectivity index (χ1) is 7.93. The molecular weight excluding hydrogens is 346 g/mol. The van der Waals surface area contributed by atoms with Crippen molar-refractivity contribution in [1.29, 1.82) is 0 Å². The Bertz CT molecular complexity index is 447. The van der Waals surface area contributed by atoms with Gasteiger partial charge in [-0.25, -0.2) is 8.42 Å². The summed E-state index contributed by atoms with van der Waals surface area (Å²) in [6.45, 7) is 4.69. The lowest BCUT2D eigenvalue weighted by molar-refractivity contribution is 0.430. The van der Waals surface area contributed by atoms with Gasteiger partial charge in [0.05, 0.1) is 3.79 Å². The van der Waals surface area contributed by atoms with E-state index in [2.05, 4.69) is 15.9 Å². The zero-order valence-electron chi connectivity index (χ0n) is 9.74. The summed E-state index contributed by atoms with van der Waals surface area (Å²) in [5.41, 5.74) is 0.941. The molecule has 7 heteroatoms. The average Bonchev–Trinajstić information content (AvgIpc) is 2.59. The Morgan fingerprint density at radius 2 is 2.12 bits per heavy atom. The van der Waals surface area contributed by atoms with E-state index >= 15 is 0 Å². The van der Waals surface area contributed by atoms with Gasteiger partial charge < -0.3 is 0 Å². The minimum atomic E-state index is -3.39. The van der Waals surface area contributed by atoms with Crippen LogP contribution in [0, 0.1) is 6.92 Å². The first-order valence-electron chi connectivity index (χ1n) is 5.25. The van der Waals surface area contributed by atoms with E-state index in [1.54, 1.807) is 6.07 Å². The second kappa shape index (κ2) is 6.52. The highest BCUT2D eigenvalue weighted by Gasteiger charge is 2.25. The molecule has 17 heavy (non-hydrogen) atoms. The third-order valence-corrected chi connectivity index (χ3v) is 6.89. The molecule has 0 atom stereocenters. The normalized spacial score (nSPS) is 12.3. The average molecular weight is 361 g/mol. The molecule has 0 fully saturated rings.